The first-order valence-electron chi connectivity index (χ1n) is 7.40. The molecule has 0 aromatic carbocycles. The molecule has 0 bridgehead atoms. The topological polar surface area (TPSA) is 72.3 Å². The molecule has 8 heteroatoms. The second-order valence-corrected chi connectivity index (χ2v) is 9.05. The molecule has 0 N–H and O–H groups in total. The minimum absolute atomic E-state index is 0.0205. The number of aromatic nitrogens is 2. The number of rotatable bonds is 3. The Bertz CT molecular complexity index is 796. The average Bonchev–Trinajstić information content (AvgIpc) is 3.16. The van der Waals surface area contributed by atoms with E-state index in [0.29, 0.717) is 0 Å². The van der Waals surface area contributed by atoms with Crippen molar-refractivity contribution in [1.29, 1.82) is 0 Å². The molecule has 124 valence electrons. The van der Waals surface area contributed by atoms with Crippen molar-refractivity contribution in [3.05, 3.63) is 40.3 Å². The molecule has 1 amide bonds. The number of thiophene rings is 1. The van der Waals surface area contributed by atoms with E-state index in [1.807, 2.05) is 24.4 Å². The predicted molar refractivity (Wildman–Crippen MR) is 89.0 cm³/mol. The molecule has 23 heavy (non-hydrogen) atoms. The number of sulfone groups is 1. The first-order valence-corrected chi connectivity index (χ1v) is 10.1. The van der Waals surface area contributed by atoms with Crippen LogP contribution < -0.4 is 0 Å². The van der Waals surface area contributed by atoms with E-state index in [1.165, 1.54) is 0 Å². The summed E-state index contributed by atoms with van der Waals surface area (Å²) in [5, 5.41) is 6.06. The van der Waals surface area contributed by atoms with Gasteiger partial charge in [-0.05, 0) is 18.4 Å². The zero-order valence-corrected chi connectivity index (χ0v) is 14.7. The smallest absolute Gasteiger partial charge is 0.231 e. The van der Waals surface area contributed by atoms with Gasteiger partial charge in [0, 0.05) is 30.2 Å². The highest BCUT2D eigenvalue weighted by molar-refractivity contribution is 7.91. The van der Waals surface area contributed by atoms with E-state index in [1.54, 1.807) is 40.4 Å². The van der Waals surface area contributed by atoms with Crippen LogP contribution in [0.3, 0.4) is 0 Å². The van der Waals surface area contributed by atoms with Gasteiger partial charge in [-0.2, -0.15) is 5.10 Å². The van der Waals surface area contributed by atoms with Crippen LogP contribution in [0.5, 0.6) is 0 Å². The van der Waals surface area contributed by atoms with Crippen molar-refractivity contribution in [2.75, 3.05) is 18.1 Å². The monoisotopic (exact) mass is 353 g/mol. The van der Waals surface area contributed by atoms with Gasteiger partial charge in [-0.1, -0.05) is 6.07 Å². The Morgan fingerprint density at radius 1 is 1.48 bits per heavy atom. The van der Waals surface area contributed by atoms with Crippen LogP contribution in [0.4, 0.5) is 0 Å². The second kappa shape index (κ2) is 6.09. The van der Waals surface area contributed by atoms with E-state index in [4.69, 9.17) is 0 Å². The molecule has 3 rings (SSSR count). The normalized spacial score (nSPS) is 22.0. The fraction of sp³-hybridized carbons (Fsp3) is 0.467. The van der Waals surface area contributed by atoms with Crippen LogP contribution in [0.1, 0.15) is 29.3 Å². The minimum Gasteiger partial charge on any atom is -0.333 e. The molecule has 0 spiro atoms. The van der Waals surface area contributed by atoms with Crippen LogP contribution in [-0.2, 0) is 21.7 Å². The number of carbonyl (C=O) groups excluding carboxylic acids is 1. The second-order valence-electron chi connectivity index (χ2n) is 5.85. The van der Waals surface area contributed by atoms with Crippen LogP contribution in [0.15, 0.2) is 29.9 Å². The number of hydrogen-bond acceptors (Lipinski definition) is 5. The van der Waals surface area contributed by atoms with Gasteiger partial charge >= 0.3 is 0 Å². The Hall–Kier alpha value is -1.67. The maximum Gasteiger partial charge on any atom is 0.231 e. The lowest BCUT2D eigenvalue weighted by Crippen LogP contribution is -2.47. The number of amides is 1. The summed E-state index contributed by atoms with van der Waals surface area (Å²) < 4.78 is 25.7. The molecule has 0 unspecified atom stereocenters. The Morgan fingerprint density at radius 2 is 2.26 bits per heavy atom. The predicted octanol–water partition coefficient (Wildman–Crippen LogP) is 1.58. The molecular formula is C15H19N3O3S2. The van der Waals surface area contributed by atoms with Gasteiger partial charge in [-0.3, -0.25) is 9.48 Å². The molecule has 1 aliphatic heterocycles. The van der Waals surface area contributed by atoms with Gasteiger partial charge < -0.3 is 4.90 Å². The van der Waals surface area contributed by atoms with Crippen LogP contribution in [0.2, 0.25) is 0 Å². The molecule has 2 aromatic rings. The van der Waals surface area contributed by atoms with Gasteiger partial charge in [-0.15, -0.1) is 11.3 Å². The number of carbonyl (C=O) groups is 1. The number of aryl methyl sites for hydroxylation is 1. The van der Waals surface area contributed by atoms with Crippen LogP contribution in [-0.4, -0.2) is 47.1 Å². The summed E-state index contributed by atoms with van der Waals surface area (Å²) in [5.41, 5.74) is 0.766. The van der Waals surface area contributed by atoms with Gasteiger partial charge in [0.2, 0.25) is 5.91 Å². The van der Waals surface area contributed by atoms with Crippen LogP contribution in [0.25, 0.3) is 0 Å². The summed E-state index contributed by atoms with van der Waals surface area (Å²) in [7, 11) is -1.37. The van der Waals surface area contributed by atoms with E-state index in [9.17, 15) is 13.2 Å². The van der Waals surface area contributed by atoms with Crippen molar-refractivity contribution >= 4 is 27.1 Å². The molecule has 3 heterocycles. The average molecular weight is 353 g/mol. The molecule has 6 nitrogen and oxygen atoms in total. The molecule has 0 saturated carbocycles. The molecule has 1 aliphatic rings. The summed E-state index contributed by atoms with van der Waals surface area (Å²) in [6.45, 7) is 2.11. The molecule has 2 atom stereocenters. The van der Waals surface area contributed by atoms with E-state index < -0.39 is 15.9 Å². The third-order valence-corrected chi connectivity index (χ3v) is 6.85. The summed E-state index contributed by atoms with van der Waals surface area (Å²) in [6, 6.07) is 3.40. The quantitative estimate of drug-likeness (QED) is 0.840. The van der Waals surface area contributed by atoms with Gasteiger partial charge in [0.15, 0.2) is 9.84 Å². The SMILES string of the molecule is C[C@H](C(=O)N1CCS(=O)(=O)C[C@@H]1c1cnn(C)c1)c1cccs1. The van der Waals surface area contributed by atoms with E-state index in [2.05, 4.69) is 5.10 Å². The number of nitrogens with zero attached hydrogens (tertiary/aromatic N) is 3. The zero-order valence-electron chi connectivity index (χ0n) is 13.0. The lowest BCUT2D eigenvalue weighted by Gasteiger charge is -2.36. The first kappa shape index (κ1) is 16.2. The van der Waals surface area contributed by atoms with E-state index >= 15 is 0 Å². The molecule has 0 aliphatic carbocycles. The fourth-order valence-electron chi connectivity index (χ4n) is 2.87. The third kappa shape index (κ3) is 3.32. The largest absolute Gasteiger partial charge is 0.333 e. The highest BCUT2D eigenvalue weighted by Gasteiger charge is 2.37. The molecule has 1 saturated heterocycles. The Kier molecular flexibility index (Phi) is 4.29. The number of hydrogen-bond donors (Lipinski definition) is 0. The van der Waals surface area contributed by atoms with Crippen molar-refractivity contribution in [1.82, 2.24) is 14.7 Å². The highest BCUT2D eigenvalue weighted by atomic mass is 32.2. The van der Waals surface area contributed by atoms with Gasteiger partial charge in [0.25, 0.3) is 0 Å². The van der Waals surface area contributed by atoms with Crippen molar-refractivity contribution < 1.29 is 13.2 Å². The standard InChI is InChI=1S/C15H19N3O3S2/c1-11(14-4-3-6-22-14)15(19)18-5-7-23(20,21)10-13(18)12-8-16-17(2)9-12/h3-4,6,8-9,11,13H,5,7,10H2,1-2H3/t11-,13+/m0/s1. The van der Waals surface area contributed by atoms with Crippen molar-refractivity contribution in [2.45, 2.75) is 18.9 Å². The van der Waals surface area contributed by atoms with E-state index in [-0.39, 0.29) is 29.9 Å². The zero-order chi connectivity index (χ0) is 16.6. The summed E-state index contributed by atoms with van der Waals surface area (Å²) in [6.07, 6.45) is 3.42. The van der Waals surface area contributed by atoms with Gasteiger partial charge in [0.1, 0.15) is 0 Å². The first-order chi connectivity index (χ1) is 10.9. The Labute approximate surface area is 139 Å². The maximum absolute atomic E-state index is 12.9. The lowest BCUT2D eigenvalue weighted by molar-refractivity contribution is -0.134. The van der Waals surface area contributed by atoms with Crippen LogP contribution in [0, 0.1) is 0 Å². The van der Waals surface area contributed by atoms with Crippen molar-refractivity contribution in [2.24, 2.45) is 7.05 Å². The highest BCUT2D eigenvalue weighted by Crippen LogP contribution is 2.31. The molecule has 2 aromatic heterocycles. The molecule has 0 radical (unpaired) electrons. The van der Waals surface area contributed by atoms with E-state index in [0.717, 1.165) is 10.4 Å². The van der Waals surface area contributed by atoms with Gasteiger partial charge in [0.05, 0.1) is 29.7 Å². The summed E-state index contributed by atoms with van der Waals surface area (Å²) in [4.78, 5) is 15.6. The summed E-state index contributed by atoms with van der Waals surface area (Å²) in [5.74, 6) is -0.319. The van der Waals surface area contributed by atoms with Gasteiger partial charge in [-0.25, -0.2) is 8.42 Å². The summed E-state index contributed by atoms with van der Waals surface area (Å²) >= 11 is 1.54. The molecule has 1 fully saturated rings. The Balaban J connectivity index is 1.90. The fourth-order valence-corrected chi connectivity index (χ4v) is 5.14. The minimum atomic E-state index is -3.15. The van der Waals surface area contributed by atoms with Crippen molar-refractivity contribution in [3.8, 4) is 0 Å². The molecular weight excluding hydrogens is 334 g/mol. The van der Waals surface area contributed by atoms with Crippen LogP contribution >= 0.6 is 11.3 Å². The maximum atomic E-state index is 12.9. The van der Waals surface area contributed by atoms with Crippen molar-refractivity contribution in [3.63, 3.8) is 0 Å². The Morgan fingerprint density at radius 3 is 2.87 bits per heavy atom. The third-order valence-electron chi connectivity index (χ3n) is 4.16. The lowest BCUT2D eigenvalue weighted by atomic mass is 10.1.